The predicted octanol–water partition coefficient (Wildman–Crippen LogP) is 5.34. The molecule has 0 N–H and O–H groups in total. The number of amides is 1. The number of halogens is 3. The van der Waals surface area contributed by atoms with Gasteiger partial charge in [0.1, 0.15) is 24.3 Å². The third kappa shape index (κ3) is 4.78. The van der Waals surface area contributed by atoms with Crippen molar-refractivity contribution in [2.24, 2.45) is 0 Å². The molecule has 40 heavy (non-hydrogen) atoms. The molecule has 2 aromatic carbocycles. The summed E-state index contributed by atoms with van der Waals surface area (Å²) in [6.45, 7) is 1.67. The Labute approximate surface area is 232 Å². The average molecular weight is 570 g/mol. The molecule has 2 aliphatic rings. The highest BCUT2D eigenvalue weighted by molar-refractivity contribution is 6.30. The van der Waals surface area contributed by atoms with Crippen molar-refractivity contribution >= 4 is 28.6 Å². The fourth-order valence-electron chi connectivity index (χ4n) is 5.42. The van der Waals surface area contributed by atoms with Gasteiger partial charge in [-0.2, -0.15) is 13.9 Å². The van der Waals surface area contributed by atoms with E-state index < -0.39 is 6.55 Å². The van der Waals surface area contributed by atoms with E-state index in [4.69, 9.17) is 26.1 Å². The molecule has 2 aliphatic heterocycles. The van der Waals surface area contributed by atoms with Gasteiger partial charge in [-0.1, -0.05) is 23.7 Å². The minimum Gasteiger partial charge on any atom is -0.490 e. The van der Waals surface area contributed by atoms with E-state index in [0.29, 0.717) is 81.5 Å². The number of rotatable bonds is 6. The fourth-order valence-corrected chi connectivity index (χ4v) is 5.55. The van der Waals surface area contributed by atoms with Gasteiger partial charge in [-0.15, -0.1) is 0 Å². The Kier molecular flexibility index (Phi) is 6.69. The largest absolute Gasteiger partial charge is 0.490 e. The maximum absolute atomic E-state index is 13.7. The van der Waals surface area contributed by atoms with Crippen LogP contribution in [0, 0.1) is 13.8 Å². The van der Waals surface area contributed by atoms with Crippen LogP contribution >= 0.6 is 11.6 Å². The van der Waals surface area contributed by atoms with Crippen LogP contribution in [0.4, 0.5) is 13.6 Å². The summed E-state index contributed by atoms with van der Waals surface area (Å²) in [6.07, 6.45) is 1.78. The quantitative estimate of drug-likeness (QED) is 0.311. The third-order valence-corrected chi connectivity index (χ3v) is 7.75. The minimum atomic E-state index is -2.80. The molecule has 0 spiro atoms. The van der Waals surface area contributed by atoms with Gasteiger partial charge in [0.05, 0.1) is 29.2 Å². The lowest BCUT2D eigenvalue weighted by Gasteiger charge is -2.33. The Bertz CT molecular complexity index is 1670. The zero-order chi connectivity index (χ0) is 28.1. The number of carbonyl (C=O) groups excluding carboxylic acids is 1. The van der Waals surface area contributed by atoms with E-state index in [0.717, 1.165) is 5.56 Å². The first kappa shape index (κ1) is 26.2. The number of benzene rings is 2. The topological polar surface area (TPSA) is 91.5 Å². The Balaban J connectivity index is 1.44. The Morgan fingerprint density at radius 1 is 1.15 bits per heavy atom. The van der Waals surface area contributed by atoms with Crippen molar-refractivity contribution in [3.8, 4) is 16.9 Å². The van der Waals surface area contributed by atoms with Crippen molar-refractivity contribution in [2.75, 3.05) is 13.2 Å². The van der Waals surface area contributed by atoms with Crippen LogP contribution in [0.25, 0.3) is 22.0 Å². The van der Waals surface area contributed by atoms with E-state index in [9.17, 15) is 18.4 Å². The highest BCUT2D eigenvalue weighted by Gasteiger charge is 2.39. The predicted molar refractivity (Wildman–Crippen MR) is 144 cm³/mol. The second kappa shape index (κ2) is 10.2. The summed E-state index contributed by atoms with van der Waals surface area (Å²) in [4.78, 5) is 32.1. The van der Waals surface area contributed by atoms with Gasteiger partial charge in [-0.05, 0) is 43.7 Å². The van der Waals surface area contributed by atoms with Gasteiger partial charge in [0, 0.05) is 41.7 Å². The molecule has 9 nitrogen and oxygen atoms in total. The first-order chi connectivity index (χ1) is 19.2. The number of fused-ring (bicyclic) bond motifs is 2. The van der Waals surface area contributed by atoms with Crippen LogP contribution in [0.1, 0.15) is 36.5 Å². The summed E-state index contributed by atoms with van der Waals surface area (Å²) in [6, 6.07) is 10.5. The molecule has 2 aromatic heterocycles. The van der Waals surface area contributed by atoms with Crippen molar-refractivity contribution in [1.29, 1.82) is 0 Å². The zero-order valence-electron chi connectivity index (χ0n) is 21.8. The molecule has 2 atom stereocenters. The highest BCUT2D eigenvalue weighted by Crippen LogP contribution is 2.37. The molecule has 1 amide bonds. The first-order valence-electron chi connectivity index (χ1n) is 12.9. The number of hydrogen-bond donors (Lipinski definition) is 0. The van der Waals surface area contributed by atoms with Gasteiger partial charge in [-0.25, -0.2) is 14.5 Å². The molecule has 208 valence electrons. The van der Waals surface area contributed by atoms with Crippen LogP contribution in [-0.4, -0.2) is 55.6 Å². The number of cyclic esters (lactones) is 1. The number of ether oxygens (including phenoxy) is 2. The SMILES string of the molecule is Cc1nn(C(F)F)cc1-c1cc2nc(C)n(Cc3ccc(Cl)cc3)c(=O)c2cc1O[C@H]1CCN2C(=O)OC[C@@H]2C1. The summed E-state index contributed by atoms with van der Waals surface area (Å²) < 4.78 is 40.8. The summed E-state index contributed by atoms with van der Waals surface area (Å²) in [7, 11) is 0. The Hall–Kier alpha value is -3.99. The second-order valence-electron chi connectivity index (χ2n) is 10.1. The number of alkyl halides is 2. The molecule has 0 radical (unpaired) electrons. The van der Waals surface area contributed by atoms with Gasteiger partial charge >= 0.3 is 12.6 Å². The molecule has 6 rings (SSSR count). The smallest absolute Gasteiger partial charge is 0.410 e. The number of hydrogen-bond acceptors (Lipinski definition) is 6. The molecule has 0 bridgehead atoms. The normalized spacial score (nSPS) is 18.9. The van der Waals surface area contributed by atoms with Crippen molar-refractivity contribution in [3.63, 3.8) is 0 Å². The van der Waals surface area contributed by atoms with E-state index in [2.05, 4.69) is 5.10 Å². The molecule has 0 saturated carbocycles. The van der Waals surface area contributed by atoms with Gasteiger partial charge in [0.2, 0.25) is 0 Å². The van der Waals surface area contributed by atoms with Gasteiger partial charge in [0.25, 0.3) is 5.56 Å². The fraction of sp³-hybridized carbons (Fsp3) is 0.357. The van der Waals surface area contributed by atoms with E-state index in [-0.39, 0.29) is 23.8 Å². The average Bonchev–Trinajstić information content (AvgIpc) is 3.50. The highest BCUT2D eigenvalue weighted by atomic mass is 35.5. The van der Waals surface area contributed by atoms with Crippen molar-refractivity contribution in [3.05, 3.63) is 75.1 Å². The number of aryl methyl sites for hydroxylation is 2. The van der Waals surface area contributed by atoms with Crippen LogP contribution in [0.15, 0.2) is 47.4 Å². The molecule has 2 saturated heterocycles. The van der Waals surface area contributed by atoms with Crippen molar-refractivity contribution in [2.45, 2.75) is 51.9 Å². The van der Waals surface area contributed by atoms with Crippen LogP contribution in [0.2, 0.25) is 5.02 Å². The van der Waals surface area contributed by atoms with E-state index in [1.54, 1.807) is 47.6 Å². The lowest BCUT2D eigenvalue weighted by molar-refractivity contribution is 0.0563. The second-order valence-corrected chi connectivity index (χ2v) is 10.6. The maximum atomic E-state index is 13.7. The molecule has 0 unspecified atom stereocenters. The Morgan fingerprint density at radius 2 is 1.93 bits per heavy atom. The molecule has 4 heterocycles. The molecule has 0 aliphatic carbocycles. The van der Waals surface area contributed by atoms with E-state index in [1.165, 1.54) is 6.20 Å². The monoisotopic (exact) mass is 569 g/mol. The number of aromatic nitrogens is 4. The lowest BCUT2D eigenvalue weighted by atomic mass is 10.00. The maximum Gasteiger partial charge on any atom is 0.410 e. The molecule has 12 heteroatoms. The number of nitrogens with zero attached hydrogens (tertiary/aromatic N) is 5. The van der Waals surface area contributed by atoms with Gasteiger partial charge in [-0.3, -0.25) is 9.36 Å². The summed E-state index contributed by atoms with van der Waals surface area (Å²) >= 11 is 6.02. The molecular formula is C28H26ClF2N5O4. The van der Waals surface area contributed by atoms with Crippen molar-refractivity contribution < 1.29 is 23.0 Å². The zero-order valence-corrected chi connectivity index (χ0v) is 22.6. The summed E-state index contributed by atoms with van der Waals surface area (Å²) in [5, 5.41) is 4.91. The molecule has 2 fully saturated rings. The molecule has 4 aromatic rings. The third-order valence-electron chi connectivity index (χ3n) is 7.50. The molecular weight excluding hydrogens is 544 g/mol. The summed E-state index contributed by atoms with van der Waals surface area (Å²) in [5.41, 5.74) is 2.42. The van der Waals surface area contributed by atoms with Gasteiger partial charge in [0.15, 0.2) is 0 Å². The van der Waals surface area contributed by atoms with E-state index in [1.807, 2.05) is 12.1 Å². The standard InChI is InChI=1S/C28H26ClF2N5O4/c1-15-23(13-36(33-15)27(30)31)21-10-24-22(11-25(21)40-20-7-8-34-19(9-20)14-39-28(34)38)26(37)35(16(2)32-24)12-17-3-5-18(29)6-4-17/h3-6,10-11,13,19-20,27H,7-9,12,14H2,1-2H3/t19-,20-/m0/s1. The number of piperidine rings is 1. The van der Waals surface area contributed by atoms with Crippen LogP contribution < -0.4 is 10.3 Å². The van der Waals surface area contributed by atoms with Gasteiger partial charge < -0.3 is 14.4 Å². The lowest BCUT2D eigenvalue weighted by Crippen LogP contribution is -2.44. The van der Waals surface area contributed by atoms with Crippen LogP contribution in [0.5, 0.6) is 5.75 Å². The van der Waals surface area contributed by atoms with Crippen LogP contribution in [-0.2, 0) is 11.3 Å². The summed E-state index contributed by atoms with van der Waals surface area (Å²) in [5.74, 6) is 0.874. The number of carbonyl (C=O) groups is 1. The minimum absolute atomic E-state index is 0.0978. The first-order valence-corrected chi connectivity index (χ1v) is 13.3. The van der Waals surface area contributed by atoms with E-state index >= 15 is 0 Å². The van der Waals surface area contributed by atoms with Crippen molar-refractivity contribution in [1.82, 2.24) is 24.2 Å². The Morgan fingerprint density at radius 3 is 2.65 bits per heavy atom. The van der Waals surface area contributed by atoms with Crippen LogP contribution in [0.3, 0.4) is 0 Å².